The Bertz CT molecular complexity index is 1020. The second-order valence-electron chi connectivity index (χ2n) is 7.19. The van der Waals surface area contributed by atoms with E-state index in [2.05, 4.69) is 4.72 Å². The van der Waals surface area contributed by atoms with Gasteiger partial charge in [0.15, 0.2) is 0 Å². The molecular formula is C21H23NO5S2. The van der Waals surface area contributed by atoms with Crippen molar-refractivity contribution in [1.82, 2.24) is 4.72 Å². The van der Waals surface area contributed by atoms with Crippen molar-refractivity contribution in [2.75, 3.05) is 0 Å². The van der Waals surface area contributed by atoms with Crippen molar-refractivity contribution in [2.45, 2.75) is 36.3 Å². The van der Waals surface area contributed by atoms with Crippen LogP contribution in [0, 0.1) is 0 Å². The summed E-state index contributed by atoms with van der Waals surface area (Å²) in [5, 5.41) is 19.3. The molecule has 2 aromatic carbocycles. The molecule has 0 aromatic heterocycles. The molecule has 8 heteroatoms. The van der Waals surface area contributed by atoms with Crippen LogP contribution in [-0.4, -0.2) is 34.7 Å². The number of allylic oxidation sites excluding steroid dienone is 1. The Morgan fingerprint density at radius 3 is 2.38 bits per heavy atom. The largest absolute Gasteiger partial charge is 0.508 e. The summed E-state index contributed by atoms with van der Waals surface area (Å²) in [5.74, 6) is -1.67. The van der Waals surface area contributed by atoms with Gasteiger partial charge in [-0.3, -0.25) is 4.79 Å². The molecule has 1 aliphatic heterocycles. The van der Waals surface area contributed by atoms with Gasteiger partial charge in [-0.2, -0.15) is 4.72 Å². The van der Waals surface area contributed by atoms with Crippen LogP contribution in [0.2, 0.25) is 0 Å². The third kappa shape index (κ3) is 4.49. The minimum absolute atomic E-state index is 0.135. The van der Waals surface area contributed by atoms with E-state index in [1.165, 1.54) is 18.7 Å². The van der Waals surface area contributed by atoms with E-state index in [4.69, 9.17) is 0 Å². The van der Waals surface area contributed by atoms with Gasteiger partial charge in [-0.25, -0.2) is 8.42 Å². The monoisotopic (exact) mass is 433 g/mol. The molecule has 1 heterocycles. The molecule has 29 heavy (non-hydrogen) atoms. The van der Waals surface area contributed by atoms with Crippen LogP contribution in [0.3, 0.4) is 0 Å². The highest BCUT2D eigenvalue weighted by Crippen LogP contribution is 2.42. The molecule has 6 nitrogen and oxygen atoms in total. The van der Waals surface area contributed by atoms with Gasteiger partial charge in [0.2, 0.25) is 10.0 Å². The average Bonchev–Trinajstić information content (AvgIpc) is 3.19. The van der Waals surface area contributed by atoms with Crippen molar-refractivity contribution in [2.24, 2.45) is 0 Å². The van der Waals surface area contributed by atoms with Crippen LogP contribution in [0.1, 0.15) is 37.3 Å². The van der Waals surface area contributed by atoms with Crippen molar-refractivity contribution < 1.29 is 23.4 Å². The maximum absolute atomic E-state index is 13.1. The topological polar surface area (TPSA) is 104 Å². The lowest BCUT2D eigenvalue weighted by Crippen LogP contribution is -2.56. The Morgan fingerprint density at radius 2 is 1.79 bits per heavy atom. The molecule has 0 radical (unpaired) electrons. The number of carboxylic acid groups (broad SMARTS) is 1. The summed E-state index contributed by atoms with van der Waals surface area (Å²) in [7, 11) is -3.93. The Kier molecular flexibility index (Phi) is 6.07. The maximum atomic E-state index is 13.1. The first-order valence-corrected chi connectivity index (χ1v) is 11.5. The van der Waals surface area contributed by atoms with Gasteiger partial charge in [0.05, 0.1) is 0 Å². The highest BCUT2D eigenvalue weighted by Gasteiger charge is 2.45. The average molecular weight is 434 g/mol. The van der Waals surface area contributed by atoms with E-state index in [0.717, 1.165) is 16.0 Å². The number of sulfonamides is 1. The molecule has 0 saturated carbocycles. The highest BCUT2D eigenvalue weighted by molar-refractivity contribution is 8.18. The van der Waals surface area contributed by atoms with Crippen LogP contribution in [0.25, 0.3) is 4.91 Å². The van der Waals surface area contributed by atoms with E-state index >= 15 is 0 Å². The van der Waals surface area contributed by atoms with Gasteiger partial charge in [-0.15, -0.1) is 11.8 Å². The molecule has 0 fully saturated rings. The molecule has 1 aliphatic rings. The van der Waals surface area contributed by atoms with Crippen molar-refractivity contribution in [3.63, 3.8) is 0 Å². The number of hydrogen-bond acceptors (Lipinski definition) is 5. The van der Waals surface area contributed by atoms with Crippen molar-refractivity contribution in [3.05, 3.63) is 71.8 Å². The number of phenolic OH excluding ortho intramolecular Hbond substituents is 1. The molecule has 0 spiro atoms. The molecular weight excluding hydrogens is 410 g/mol. The van der Waals surface area contributed by atoms with Crippen LogP contribution in [0.4, 0.5) is 0 Å². The Balaban J connectivity index is 1.80. The number of carbonyl (C=O) groups is 1. The summed E-state index contributed by atoms with van der Waals surface area (Å²) in [4.78, 5) is 12.9. The predicted molar refractivity (Wildman–Crippen MR) is 115 cm³/mol. The van der Waals surface area contributed by atoms with Gasteiger partial charge in [0, 0.05) is 10.8 Å². The lowest BCUT2D eigenvalue weighted by Gasteiger charge is -2.33. The van der Waals surface area contributed by atoms with Crippen LogP contribution < -0.4 is 4.72 Å². The predicted octanol–water partition coefficient (Wildman–Crippen LogP) is 3.76. The second-order valence-corrected chi connectivity index (χ2v) is 10.6. The van der Waals surface area contributed by atoms with Crippen LogP contribution in [0.15, 0.2) is 60.7 Å². The third-order valence-corrected chi connectivity index (χ3v) is 8.97. The number of hydrogen-bond donors (Lipinski definition) is 3. The van der Waals surface area contributed by atoms with Crippen LogP contribution in [-0.2, 0) is 14.8 Å². The molecule has 0 amide bonds. The highest BCUT2D eigenvalue weighted by atomic mass is 32.3. The number of aromatic hydroxyl groups is 1. The van der Waals surface area contributed by atoms with E-state index in [-0.39, 0.29) is 12.2 Å². The first kappa shape index (κ1) is 21.4. The van der Waals surface area contributed by atoms with Crippen molar-refractivity contribution in [3.8, 4) is 5.75 Å². The maximum Gasteiger partial charge on any atom is 0.325 e. The lowest BCUT2D eigenvalue weighted by atomic mass is 9.83. The minimum Gasteiger partial charge on any atom is -0.508 e. The number of rotatable bonds is 7. The summed E-state index contributed by atoms with van der Waals surface area (Å²) >= 11 is 1.17. The van der Waals surface area contributed by atoms with E-state index < -0.39 is 32.0 Å². The third-order valence-electron chi connectivity index (χ3n) is 5.22. The SMILES string of the molecule is CC(c1ccccc1)C(C)(NS(=O)(=O)C1CC=C(c2ccc(O)cc2)S1)C(=O)O. The molecule has 2 aromatic rings. The zero-order chi connectivity index (χ0) is 21.2. The summed E-state index contributed by atoms with van der Waals surface area (Å²) in [5.41, 5.74) is -0.145. The van der Waals surface area contributed by atoms with Crippen LogP contribution in [0.5, 0.6) is 5.75 Å². The van der Waals surface area contributed by atoms with E-state index in [1.807, 2.05) is 12.1 Å². The van der Waals surface area contributed by atoms with Gasteiger partial charge in [-0.05, 0) is 36.6 Å². The summed E-state index contributed by atoms with van der Waals surface area (Å²) in [6, 6.07) is 15.5. The fourth-order valence-corrected chi connectivity index (χ4v) is 6.43. The van der Waals surface area contributed by atoms with E-state index in [1.54, 1.807) is 55.5 Å². The Hall–Kier alpha value is -2.29. The first-order chi connectivity index (χ1) is 13.6. The van der Waals surface area contributed by atoms with Gasteiger partial charge in [-0.1, -0.05) is 55.5 Å². The molecule has 0 aliphatic carbocycles. The molecule has 3 unspecified atom stereocenters. The number of benzene rings is 2. The Morgan fingerprint density at radius 1 is 1.17 bits per heavy atom. The summed E-state index contributed by atoms with van der Waals surface area (Å²) in [6.45, 7) is 3.10. The van der Waals surface area contributed by atoms with Gasteiger partial charge < -0.3 is 10.2 Å². The zero-order valence-corrected chi connectivity index (χ0v) is 17.7. The zero-order valence-electron chi connectivity index (χ0n) is 16.1. The van der Waals surface area contributed by atoms with Crippen LogP contribution >= 0.6 is 11.8 Å². The summed E-state index contributed by atoms with van der Waals surface area (Å²) in [6.07, 6.45) is 2.09. The summed E-state index contributed by atoms with van der Waals surface area (Å²) < 4.78 is 27.7. The molecule has 3 rings (SSSR count). The molecule has 3 N–H and O–H groups in total. The quantitative estimate of drug-likeness (QED) is 0.614. The van der Waals surface area contributed by atoms with Gasteiger partial charge >= 0.3 is 5.97 Å². The van der Waals surface area contributed by atoms with Gasteiger partial charge in [0.1, 0.15) is 15.9 Å². The number of phenols is 1. The lowest BCUT2D eigenvalue weighted by molar-refractivity contribution is -0.144. The first-order valence-electron chi connectivity index (χ1n) is 9.11. The van der Waals surface area contributed by atoms with E-state index in [9.17, 15) is 23.4 Å². The van der Waals surface area contributed by atoms with E-state index in [0.29, 0.717) is 0 Å². The molecule has 0 bridgehead atoms. The normalized spacial score (nSPS) is 19.9. The fourth-order valence-electron chi connectivity index (χ4n) is 3.20. The number of nitrogens with one attached hydrogen (secondary N) is 1. The second kappa shape index (κ2) is 8.22. The molecule has 3 atom stereocenters. The van der Waals surface area contributed by atoms with Crippen molar-refractivity contribution in [1.29, 1.82) is 0 Å². The Labute approximate surface area is 174 Å². The number of aliphatic carboxylic acids is 1. The fraction of sp³-hybridized carbons (Fsp3) is 0.286. The number of thioether (sulfide) groups is 1. The standard InChI is InChI=1S/C21H23NO5S2/c1-14(15-6-4-3-5-7-15)21(2,20(24)25)22-29(26,27)19-13-12-18(28-19)16-8-10-17(23)11-9-16/h3-12,14,19,22-23H,13H2,1-2H3,(H,24,25). The molecule has 0 saturated heterocycles. The van der Waals surface area contributed by atoms with Gasteiger partial charge in [0.25, 0.3) is 0 Å². The minimum atomic E-state index is -3.93. The molecule has 154 valence electrons. The smallest absolute Gasteiger partial charge is 0.325 e. The number of carboxylic acids is 1. The van der Waals surface area contributed by atoms with Crippen molar-refractivity contribution >= 4 is 32.7 Å².